The van der Waals surface area contributed by atoms with Crippen molar-refractivity contribution >= 4 is 68.8 Å². The third-order valence-electron chi connectivity index (χ3n) is 5.49. The van der Waals surface area contributed by atoms with Crippen LogP contribution in [0.1, 0.15) is 33.8 Å². The van der Waals surface area contributed by atoms with Crippen LogP contribution in [0.3, 0.4) is 0 Å². The maximum atomic E-state index is 13.0. The average Bonchev–Trinajstić information content (AvgIpc) is 3.54. The molecule has 36 heavy (non-hydrogen) atoms. The van der Waals surface area contributed by atoms with Crippen LogP contribution >= 0.6 is 34.5 Å². The highest BCUT2D eigenvalue weighted by atomic mass is 35.5. The van der Waals surface area contributed by atoms with Gasteiger partial charge in [0.1, 0.15) is 10.3 Å². The van der Waals surface area contributed by atoms with Gasteiger partial charge in [0.25, 0.3) is 5.91 Å². The van der Waals surface area contributed by atoms with E-state index in [1.165, 1.54) is 6.92 Å². The fourth-order valence-corrected chi connectivity index (χ4v) is 4.47. The number of alkyl halides is 3. The summed E-state index contributed by atoms with van der Waals surface area (Å²) in [6.45, 7) is 1.51. The molecule has 4 rings (SSSR count). The summed E-state index contributed by atoms with van der Waals surface area (Å²) in [5.74, 6) is -1.79. The first kappa shape index (κ1) is 25.9. The fraction of sp³-hybridized carbons (Fsp3) is 0.217. The van der Waals surface area contributed by atoms with Gasteiger partial charge in [-0.3, -0.25) is 14.4 Å². The van der Waals surface area contributed by atoms with Gasteiger partial charge >= 0.3 is 6.18 Å². The van der Waals surface area contributed by atoms with Crippen LogP contribution in [0.2, 0.25) is 10.0 Å². The summed E-state index contributed by atoms with van der Waals surface area (Å²) in [5.41, 5.74) is -1.73. The summed E-state index contributed by atoms with van der Waals surface area (Å²) in [4.78, 5) is 42.6. The first-order valence-electron chi connectivity index (χ1n) is 10.4. The number of benzene rings is 2. The van der Waals surface area contributed by atoms with Crippen LogP contribution < -0.4 is 16.0 Å². The molecular weight excluding hydrogens is 540 g/mol. The highest BCUT2D eigenvalue weighted by molar-refractivity contribution is 7.17. The van der Waals surface area contributed by atoms with Gasteiger partial charge < -0.3 is 16.0 Å². The number of carbonyl (C=O) groups is 3. The number of halogens is 5. The van der Waals surface area contributed by atoms with Crippen molar-refractivity contribution in [1.29, 1.82) is 0 Å². The summed E-state index contributed by atoms with van der Waals surface area (Å²) in [7, 11) is 0. The Morgan fingerprint density at radius 2 is 1.61 bits per heavy atom. The molecule has 188 valence electrons. The van der Waals surface area contributed by atoms with Gasteiger partial charge in [-0.15, -0.1) is 0 Å². The van der Waals surface area contributed by atoms with E-state index in [0.29, 0.717) is 23.6 Å². The molecule has 0 unspecified atom stereocenters. The van der Waals surface area contributed by atoms with E-state index in [2.05, 4.69) is 20.9 Å². The molecule has 0 radical (unpaired) electrons. The molecule has 13 heteroatoms. The van der Waals surface area contributed by atoms with Crippen molar-refractivity contribution in [3.8, 4) is 0 Å². The van der Waals surface area contributed by atoms with Crippen molar-refractivity contribution < 1.29 is 27.6 Å². The fourth-order valence-electron chi connectivity index (χ4n) is 3.32. The van der Waals surface area contributed by atoms with Crippen LogP contribution in [-0.4, -0.2) is 22.7 Å². The second-order valence-electron chi connectivity index (χ2n) is 8.08. The summed E-state index contributed by atoms with van der Waals surface area (Å²) >= 11 is 12.6. The Morgan fingerprint density at radius 1 is 0.972 bits per heavy atom. The number of rotatable bonds is 6. The van der Waals surface area contributed by atoms with Gasteiger partial charge in [0.05, 0.1) is 22.0 Å². The normalized spacial score (nSPS) is 14.2. The first-order chi connectivity index (χ1) is 16.9. The first-order valence-corrected chi connectivity index (χ1v) is 12.0. The summed E-state index contributed by atoms with van der Waals surface area (Å²) in [6, 6.07) is 9.01. The van der Waals surface area contributed by atoms with Crippen molar-refractivity contribution in [3.05, 3.63) is 68.6 Å². The number of hydrogen-bond acceptors (Lipinski definition) is 5. The minimum atomic E-state index is -4.61. The number of thiazole rings is 1. The average molecular weight is 557 g/mol. The highest BCUT2D eigenvalue weighted by Gasteiger charge is 2.56. The lowest BCUT2D eigenvalue weighted by molar-refractivity contribution is -0.137. The third-order valence-corrected chi connectivity index (χ3v) is 7.14. The van der Waals surface area contributed by atoms with E-state index in [0.717, 1.165) is 29.5 Å². The third kappa shape index (κ3) is 5.48. The predicted octanol–water partition coefficient (Wildman–Crippen LogP) is 6.39. The summed E-state index contributed by atoms with van der Waals surface area (Å²) in [6.07, 6.45) is -3.94. The van der Waals surface area contributed by atoms with Crippen molar-refractivity contribution in [2.75, 3.05) is 16.0 Å². The van der Waals surface area contributed by atoms with E-state index in [4.69, 9.17) is 23.2 Å². The van der Waals surface area contributed by atoms with Gasteiger partial charge in [-0.25, -0.2) is 4.98 Å². The van der Waals surface area contributed by atoms with Gasteiger partial charge in [0.2, 0.25) is 11.8 Å². The Bertz CT molecular complexity index is 1360. The number of carbonyl (C=O) groups excluding carboxylic acids is 3. The lowest BCUT2D eigenvalue weighted by Crippen LogP contribution is -2.35. The number of amides is 3. The number of nitrogens with one attached hydrogen (secondary N) is 3. The molecule has 1 fully saturated rings. The quantitative estimate of drug-likeness (QED) is 0.306. The molecule has 0 aliphatic heterocycles. The maximum Gasteiger partial charge on any atom is 0.416 e. The summed E-state index contributed by atoms with van der Waals surface area (Å²) < 4.78 is 39.0. The van der Waals surface area contributed by atoms with Gasteiger partial charge in [0.15, 0.2) is 5.13 Å². The minimum Gasteiger partial charge on any atom is -0.325 e. The van der Waals surface area contributed by atoms with E-state index in [-0.39, 0.29) is 26.4 Å². The van der Waals surface area contributed by atoms with E-state index >= 15 is 0 Å². The molecule has 1 aromatic heterocycles. The van der Waals surface area contributed by atoms with Crippen molar-refractivity contribution in [2.24, 2.45) is 5.41 Å². The Balaban J connectivity index is 1.45. The van der Waals surface area contributed by atoms with Gasteiger partial charge in [-0.2, -0.15) is 13.2 Å². The SMILES string of the molecule is Cc1nc(NC(=O)C2(C(=O)Nc3ccc(Cl)cc3)CC2)sc1C(=O)Nc1cc(C(F)(F)F)ccc1Cl. The number of aryl methyl sites for hydroxylation is 1. The molecule has 0 bridgehead atoms. The molecular formula is C23H17Cl2F3N4O3S. The zero-order valence-electron chi connectivity index (χ0n) is 18.4. The van der Waals surface area contributed by atoms with Gasteiger partial charge in [-0.05, 0) is 62.2 Å². The molecule has 1 heterocycles. The van der Waals surface area contributed by atoms with Crippen molar-refractivity contribution in [3.63, 3.8) is 0 Å². The van der Waals surface area contributed by atoms with Gasteiger partial charge in [0, 0.05) is 10.7 Å². The van der Waals surface area contributed by atoms with E-state index in [1.54, 1.807) is 24.3 Å². The molecule has 7 nitrogen and oxygen atoms in total. The minimum absolute atomic E-state index is 0.0641. The lowest BCUT2D eigenvalue weighted by Gasteiger charge is -2.14. The van der Waals surface area contributed by atoms with Crippen LogP contribution in [0.5, 0.6) is 0 Å². The Morgan fingerprint density at radius 3 is 2.22 bits per heavy atom. The molecule has 0 atom stereocenters. The van der Waals surface area contributed by atoms with Crippen LogP contribution in [0.4, 0.5) is 29.7 Å². The molecule has 3 aromatic rings. The highest BCUT2D eigenvalue weighted by Crippen LogP contribution is 2.48. The van der Waals surface area contributed by atoms with Crippen LogP contribution in [0, 0.1) is 12.3 Å². The lowest BCUT2D eigenvalue weighted by atomic mass is 10.1. The van der Waals surface area contributed by atoms with Gasteiger partial charge in [-0.1, -0.05) is 34.5 Å². The largest absolute Gasteiger partial charge is 0.416 e. The Labute approximate surface area is 217 Å². The van der Waals surface area contributed by atoms with Crippen molar-refractivity contribution in [2.45, 2.75) is 25.9 Å². The summed E-state index contributed by atoms with van der Waals surface area (Å²) in [5, 5.41) is 8.11. The number of aromatic nitrogens is 1. The van der Waals surface area contributed by atoms with E-state index < -0.39 is 34.9 Å². The number of nitrogens with zero attached hydrogens (tertiary/aromatic N) is 1. The molecule has 2 aromatic carbocycles. The topological polar surface area (TPSA) is 100 Å². The predicted molar refractivity (Wildman–Crippen MR) is 132 cm³/mol. The van der Waals surface area contributed by atoms with Crippen LogP contribution in [0.15, 0.2) is 42.5 Å². The molecule has 3 amide bonds. The maximum absolute atomic E-state index is 13.0. The Kier molecular flexibility index (Phi) is 7.00. The van der Waals surface area contributed by atoms with Crippen LogP contribution in [0.25, 0.3) is 0 Å². The molecule has 3 N–H and O–H groups in total. The Hall–Kier alpha value is -3.15. The second kappa shape index (κ2) is 9.72. The van der Waals surface area contributed by atoms with E-state index in [1.807, 2.05) is 0 Å². The number of anilines is 3. The smallest absolute Gasteiger partial charge is 0.325 e. The van der Waals surface area contributed by atoms with E-state index in [9.17, 15) is 27.6 Å². The zero-order chi connectivity index (χ0) is 26.3. The monoisotopic (exact) mass is 556 g/mol. The second-order valence-corrected chi connectivity index (χ2v) is 9.92. The zero-order valence-corrected chi connectivity index (χ0v) is 20.8. The molecule has 1 aliphatic carbocycles. The molecule has 0 spiro atoms. The molecule has 1 aliphatic rings. The number of hydrogen-bond donors (Lipinski definition) is 3. The molecule has 0 saturated heterocycles. The van der Waals surface area contributed by atoms with Crippen LogP contribution in [-0.2, 0) is 15.8 Å². The molecule has 1 saturated carbocycles. The van der Waals surface area contributed by atoms with Crippen molar-refractivity contribution in [1.82, 2.24) is 4.98 Å². The standard InChI is InChI=1S/C23H17Cl2F3N4O3S/c1-11-17(18(33)31-16-10-12(23(26,27)28)2-7-15(16)25)36-21(29-11)32-20(35)22(8-9-22)19(34)30-14-5-3-13(24)4-6-14/h2-7,10H,8-9H2,1H3,(H,30,34)(H,31,33)(H,29,32,35).